The van der Waals surface area contributed by atoms with Gasteiger partial charge >= 0.3 is 5.97 Å². The molecule has 3 aromatic rings. The average Bonchev–Trinajstić information content (AvgIpc) is 3.20. The summed E-state index contributed by atoms with van der Waals surface area (Å²) in [7, 11) is 1.95. The van der Waals surface area contributed by atoms with E-state index in [1.807, 2.05) is 13.1 Å². The van der Waals surface area contributed by atoms with E-state index >= 15 is 0 Å². The first-order valence-corrected chi connectivity index (χ1v) is 7.77. The molecule has 1 aromatic heterocycles. The van der Waals surface area contributed by atoms with E-state index in [9.17, 15) is 22.4 Å². The maximum Gasteiger partial charge on any atom is 0.360 e. The third-order valence-electron chi connectivity index (χ3n) is 4.49. The molecule has 0 radical (unpaired) electrons. The average molecular weight is 364 g/mol. The molecule has 134 valence electrons. The topological polar surface area (TPSA) is 45.3 Å². The number of aromatic amines is 1. The Labute approximate surface area is 145 Å². The molecule has 0 amide bonds. The SMILES string of the molecule is CN1CCc2c1ccc1[nH]c(C(=O)Oc3c(F)c(F)cc(F)c3F)cc21. The number of hydrogen-bond acceptors (Lipinski definition) is 3. The van der Waals surface area contributed by atoms with Crippen LogP contribution in [0.5, 0.6) is 5.75 Å². The standard InChI is InChI=1S/C18H12F4N2O2/c1-24-5-4-8-9-6-13(23-12(9)2-3-14(8)24)18(25)26-17-15(21)10(19)7-11(20)16(17)22/h2-3,6-7,23H,4-5H2,1H3. The smallest absolute Gasteiger partial charge is 0.360 e. The number of H-pyrrole nitrogens is 1. The minimum Gasteiger partial charge on any atom is -0.415 e. The molecule has 1 aliphatic rings. The molecule has 0 spiro atoms. The van der Waals surface area contributed by atoms with E-state index in [0.29, 0.717) is 5.52 Å². The molecule has 2 aromatic carbocycles. The van der Waals surface area contributed by atoms with Crippen LogP contribution in [0.3, 0.4) is 0 Å². The van der Waals surface area contributed by atoms with Crippen LogP contribution < -0.4 is 9.64 Å². The number of ether oxygens (including phenoxy) is 1. The summed E-state index contributed by atoms with van der Waals surface area (Å²) >= 11 is 0. The van der Waals surface area contributed by atoms with Gasteiger partial charge in [-0.1, -0.05) is 0 Å². The molecule has 8 heteroatoms. The Balaban J connectivity index is 1.72. The fourth-order valence-corrected chi connectivity index (χ4v) is 3.17. The van der Waals surface area contributed by atoms with Crippen molar-refractivity contribution >= 4 is 22.6 Å². The number of anilines is 1. The van der Waals surface area contributed by atoms with Gasteiger partial charge in [0, 0.05) is 36.2 Å². The van der Waals surface area contributed by atoms with Crippen molar-refractivity contribution in [2.45, 2.75) is 6.42 Å². The van der Waals surface area contributed by atoms with E-state index < -0.39 is 35.0 Å². The molecule has 0 aliphatic carbocycles. The summed E-state index contributed by atoms with van der Waals surface area (Å²) in [5, 5.41) is 0.783. The van der Waals surface area contributed by atoms with E-state index in [2.05, 4.69) is 14.6 Å². The molecule has 0 fully saturated rings. The van der Waals surface area contributed by atoms with Gasteiger partial charge in [0.15, 0.2) is 11.6 Å². The number of fused-ring (bicyclic) bond motifs is 3. The van der Waals surface area contributed by atoms with Crippen LogP contribution >= 0.6 is 0 Å². The normalized spacial score (nSPS) is 13.3. The summed E-state index contributed by atoms with van der Waals surface area (Å²) in [6.45, 7) is 0.832. The zero-order valence-corrected chi connectivity index (χ0v) is 13.5. The summed E-state index contributed by atoms with van der Waals surface area (Å²) in [4.78, 5) is 17.1. The lowest BCUT2D eigenvalue weighted by Gasteiger charge is -2.11. The van der Waals surface area contributed by atoms with Gasteiger partial charge in [-0.25, -0.2) is 13.6 Å². The maximum absolute atomic E-state index is 13.7. The lowest BCUT2D eigenvalue weighted by Crippen LogP contribution is -2.12. The summed E-state index contributed by atoms with van der Waals surface area (Å²) in [5.41, 5.74) is 2.64. The van der Waals surface area contributed by atoms with Gasteiger partial charge in [-0.05, 0) is 30.2 Å². The predicted molar refractivity (Wildman–Crippen MR) is 86.5 cm³/mol. The third-order valence-corrected chi connectivity index (χ3v) is 4.49. The first-order valence-electron chi connectivity index (χ1n) is 7.77. The second-order valence-electron chi connectivity index (χ2n) is 6.07. The predicted octanol–water partition coefficient (Wildman–Crippen LogP) is 3.94. The van der Waals surface area contributed by atoms with Gasteiger partial charge in [0.1, 0.15) is 5.69 Å². The van der Waals surface area contributed by atoms with Crippen molar-refractivity contribution in [3.63, 3.8) is 0 Å². The molecule has 0 atom stereocenters. The zero-order chi connectivity index (χ0) is 18.6. The molecule has 1 N–H and O–H groups in total. The molecule has 1 aliphatic heterocycles. The number of carbonyl (C=O) groups excluding carboxylic acids is 1. The van der Waals surface area contributed by atoms with Crippen molar-refractivity contribution in [1.82, 2.24) is 4.98 Å². The van der Waals surface area contributed by atoms with Crippen LogP contribution in [0.25, 0.3) is 10.9 Å². The Bertz CT molecular complexity index is 1040. The lowest BCUT2D eigenvalue weighted by atomic mass is 10.1. The summed E-state index contributed by atoms with van der Waals surface area (Å²) in [5.74, 6) is -9.39. The van der Waals surface area contributed by atoms with Crippen molar-refractivity contribution in [2.75, 3.05) is 18.5 Å². The largest absolute Gasteiger partial charge is 0.415 e. The van der Waals surface area contributed by atoms with E-state index in [0.717, 1.165) is 29.6 Å². The summed E-state index contributed by atoms with van der Waals surface area (Å²) < 4.78 is 58.4. The van der Waals surface area contributed by atoms with Crippen molar-refractivity contribution in [3.8, 4) is 5.75 Å². The lowest BCUT2D eigenvalue weighted by molar-refractivity contribution is 0.0712. The van der Waals surface area contributed by atoms with Crippen LogP contribution in [0.4, 0.5) is 23.2 Å². The third kappa shape index (κ3) is 2.40. The molecule has 0 saturated carbocycles. The molecule has 4 nitrogen and oxygen atoms in total. The van der Waals surface area contributed by atoms with Gasteiger partial charge in [0.05, 0.1) is 0 Å². The number of nitrogens with one attached hydrogen (secondary N) is 1. The number of carbonyl (C=O) groups is 1. The summed E-state index contributed by atoms with van der Waals surface area (Å²) in [6.07, 6.45) is 0.786. The molecule has 26 heavy (non-hydrogen) atoms. The first kappa shape index (κ1) is 16.4. The van der Waals surface area contributed by atoms with Crippen molar-refractivity contribution < 1.29 is 27.1 Å². The van der Waals surface area contributed by atoms with Crippen molar-refractivity contribution in [2.24, 2.45) is 0 Å². The number of benzene rings is 2. The highest BCUT2D eigenvalue weighted by Gasteiger charge is 2.25. The molecular weight excluding hydrogens is 352 g/mol. The number of hydrogen-bond donors (Lipinski definition) is 1. The Morgan fingerprint density at radius 3 is 2.50 bits per heavy atom. The van der Waals surface area contributed by atoms with Gasteiger partial charge < -0.3 is 14.6 Å². The highest BCUT2D eigenvalue weighted by atomic mass is 19.2. The Morgan fingerprint density at radius 1 is 1.12 bits per heavy atom. The quantitative estimate of drug-likeness (QED) is 0.324. The van der Waals surface area contributed by atoms with Gasteiger partial charge in [0.25, 0.3) is 0 Å². The van der Waals surface area contributed by atoms with Crippen LogP contribution in [0.2, 0.25) is 0 Å². The molecule has 0 bridgehead atoms. The Hall–Kier alpha value is -3.03. The summed E-state index contributed by atoms with van der Waals surface area (Å²) in [6, 6.07) is 5.22. The van der Waals surface area contributed by atoms with Gasteiger partial charge in [-0.15, -0.1) is 0 Å². The number of aromatic nitrogens is 1. The second-order valence-corrected chi connectivity index (χ2v) is 6.07. The fraction of sp³-hybridized carbons (Fsp3) is 0.167. The van der Waals surface area contributed by atoms with Crippen LogP contribution in [-0.2, 0) is 6.42 Å². The first-order chi connectivity index (χ1) is 12.4. The Kier molecular flexibility index (Phi) is 3.64. The van der Waals surface area contributed by atoms with Crippen molar-refractivity contribution in [1.29, 1.82) is 0 Å². The number of likely N-dealkylation sites (N-methyl/N-ethyl adjacent to an activating group) is 1. The van der Waals surface area contributed by atoms with Crippen molar-refractivity contribution in [3.05, 3.63) is 58.8 Å². The Morgan fingerprint density at radius 2 is 1.81 bits per heavy atom. The monoisotopic (exact) mass is 364 g/mol. The minimum atomic E-state index is -1.77. The van der Waals surface area contributed by atoms with E-state index in [4.69, 9.17) is 0 Å². The zero-order valence-electron chi connectivity index (χ0n) is 13.5. The highest BCUT2D eigenvalue weighted by molar-refractivity contribution is 5.98. The van der Waals surface area contributed by atoms with Crippen LogP contribution in [0, 0.1) is 23.3 Å². The molecule has 0 saturated heterocycles. The molecule has 2 heterocycles. The van der Waals surface area contributed by atoms with E-state index in [1.54, 1.807) is 6.07 Å². The van der Waals surface area contributed by atoms with Gasteiger partial charge in [0.2, 0.25) is 17.4 Å². The number of nitrogens with zero attached hydrogens (tertiary/aromatic N) is 1. The number of rotatable bonds is 2. The maximum atomic E-state index is 13.7. The van der Waals surface area contributed by atoms with E-state index in [-0.39, 0.29) is 11.8 Å². The van der Waals surface area contributed by atoms with Crippen LogP contribution in [-0.4, -0.2) is 24.5 Å². The molecule has 4 rings (SSSR count). The van der Waals surface area contributed by atoms with E-state index in [1.165, 1.54) is 6.07 Å². The molecule has 0 unspecified atom stereocenters. The second kappa shape index (κ2) is 5.76. The minimum absolute atomic E-state index is 0.0464. The highest BCUT2D eigenvalue weighted by Crippen LogP contribution is 2.34. The fourth-order valence-electron chi connectivity index (χ4n) is 3.17. The van der Waals surface area contributed by atoms with Gasteiger partial charge in [-0.2, -0.15) is 8.78 Å². The number of esters is 1. The number of halogens is 4. The molecular formula is C18H12F4N2O2. The van der Waals surface area contributed by atoms with Gasteiger partial charge in [-0.3, -0.25) is 0 Å². The van der Waals surface area contributed by atoms with Crippen LogP contribution in [0.15, 0.2) is 24.3 Å². The van der Waals surface area contributed by atoms with Crippen LogP contribution in [0.1, 0.15) is 16.1 Å².